The van der Waals surface area contributed by atoms with Crippen LogP contribution in [0.3, 0.4) is 0 Å². The van der Waals surface area contributed by atoms with E-state index >= 15 is 0 Å². The van der Waals surface area contributed by atoms with E-state index in [1.54, 1.807) is 59.9 Å². The van der Waals surface area contributed by atoms with Crippen molar-refractivity contribution in [1.82, 2.24) is 14.5 Å². The van der Waals surface area contributed by atoms with Gasteiger partial charge in [0.05, 0.1) is 23.4 Å². The smallest absolute Gasteiger partial charge is 0.261 e. The predicted octanol–water partition coefficient (Wildman–Crippen LogP) is 5.47. The third kappa shape index (κ3) is 7.52. The van der Waals surface area contributed by atoms with Gasteiger partial charge in [0.2, 0.25) is 11.8 Å². The summed E-state index contributed by atoms with van der Waals surface area (Å²) in [5, 5.41) is 0.595. The number of benzene rings is 1. The SMILES string of the molecule is CCN1C(=O)C(C)(C)C(=O)N(C)c2cc(OCCCN(CCn3ccc4oc(C)cc4c3=O)Cc3ccncc3)ccc21.Cl.Cl. The molecule has 1 aliphatic rings. The van der Waals surface area contributed by atoms with Gasteiger partial charge in [-0.15, -0.1) is 24.8 Å². The van der Waals surface area contributed by atoms with Crippen molar-refractivity contribution in [1.29, 1.82) is 0 Å². The highest BCUT2D eigenvalue weighted by molar-refractivity contribution is 6.20. The molecule has 0 bridgehead atoms. The van der Waals surface area contributed by atoms with Crippen LogP contribution in [0, 0.1) is 12.3 Å². The Kier molecular flexibility index (Phi) is 11.8. The number of aryl methyl sites for hydroxylation is 1. The number of ether oxygens (including phenoxy) is 1. The highest BCUT2D eigenvalue weighted by Crippen LogP contribution is 2.40. The van der Waals surface area contributed by atoms with Crippen molar-refractivity contribution in [3.8, 4) is 5.75 Å². The molecule has 0 radical (unpaired) electrons. The van der Waals surface area contributed by atoms with Gasteiger partial charge in [0.15, 0.2) is 0 Å². The Hall–Kier alpha value is -3.86. The Morgan fingerprint density at radius 1 is 0.956 bits per heavy atom. The average Bonchev–Trinajstić information content (AvgIpc) is 3.38. The number of rotatable bonds is 11. The van der Waals surface area contributed by atoms with Crippen molar-refractivity contribution in [3.63, 3.8) is 0 Å². The fourth-order valence-corrected chi connectivity index (χ4v) is 5.59. The van der Waals surface area contributed by atoms with Crippen molar-refractivity contribution in [2.45, 2.75) is 47.2 Å². The first-order valence-corrected chi connectivity index (χ1v) is 14.7. The Morgan fingerprint density at radius 3 is 2.40 bits per heavy atom. The normalized spacial score (nSPS) is 14.2. The van der Waals surface area contributed by atoms with Gasteiger partial charge >= 0.3 is 0 Å². The molecule has 0 spiro atoms. The van der Waals surface area contributed by atoms with Crippen LogP contribution in [-0.2, 0) is 22.7 Å². The number of furan rings is 1. The lowest BCUT2D eigenvalue weighted by Crippen LogP contribution is -2.47. The number of carbonyl (C=O) groups excluding carboxylic acids is 2. The van der Waals surface area contributed by atoms with Crippen LogP contribution < -0.4 is 20.1 Å². The minimum atomic E-state index is -1.16. The largest absolute Gasteiger partial charge is 0.493 e. The van der Waals surface area contributed by atoms with Gasteiger partial charge in [0.25, 0.3) is 5.56 Å². The van der Waals surface area contributed by atoms with Gasteiger partial charge in [0, 0.05) is 64.4 Å². The number of anilines is 2. The molecular formula is C33H41Cl2N5O5. The highest BCUT2D eigenvalue weighted by atomic mass is 35.5. The zero-order valence-corrected chi connectivity index (χ0v) is 28.0. The third-order valence-corrected chi connectivity index (χ3v) is 8.02. The first-order chi connectivity index (χ1) is 20.6. The molecule has 4 aromatic rings. The quantitative estimate of drug-likeness (QED) is 0.156. The van der Waals surface area contributed by atoms with E-state index in [0.717, 1.165) is 24.3 Å². The van der Waals surface area contributed by atoms with E-state index in [1.165, 1.54) is 0 Å². The number of pyridine rings is 2. The van der Waals surface area contributed by atoms with Crippen LogP contribution in [0.1, 0.15) is 38.5 Å². The summed E-state index contributed by atoms with van der Waals surface area (Å²) < 4.78 is 13.5. The predicted molar refractivity (Wildman–Crippen MR) is 181 cm³/mol. The van der Waals surface area contributed by atoms with Gasteiger partial charge in [0.1, 0.15) is 22.5 Å². The van der Waals surface area contributed by atoms with E-state index in [4.69, 9.17) is 9.15 Å². The maximum Gasteiger partial charge on any atom is 0.261 e. The lowest BCUT2D eigenvalue weighted by molar-refractivity contribution is -0.137. The van der Waals surface area contributed by atoms with Crippen LogP contribution in [0.2, 0.25) is 0 Å². The van der Waals surface area contributed by atoms with E-state index in [1.807, 2.05) is 50.2 Å². The lowest BCUT2D eigenvalue weighted by atomic mass is 9.90. The Bertz CT molecular complexity index is 1690. The van der Waals surface area contributed by atoms with Crippen LogP contribution >= 0.6 is 24.8 Å². The maximum atomic E-state index is 13.2. The monoisotopic (exact) mass is 657 g/mol. The molecule has 242 valence electrons. The lowest BCUT2D eigenvalue weighted by Gasteiger charge is -2.27. The van der Waals surface area contributed by atoms with E-state index < -0.39 is 5.41 Å². The summed E-state index contributed by atoms with van der Waals surface area (Å²) in [4.78, 5) is 48.9. The van der Waals surface area contributed by atoms with Crippen LogP contribution in [0.4, 0.5) is 11.4 Å². The minimum Gasteiger partial charge on any atom is -0.493 e. The summed E-state index contributed by atoms with van der Waals surface area (Å²) in [6.07, 6.45) is 6.10. The van der Waals surface area contributed by atoms with Crippen molar-refractivity contribution >= 4 is 59.0 Å². The Balaban J connectivity index is 0.00000276. The molecule has 4 heterocycles. The first-order valence-electron chi connectivity index (χ1n) is 14.7. The van der Waals surface area contributed by atoms with E-state index in [-0.39, 0.29) is 42.2 Å². The number of fused-ring (bicyclic) bond motifs is 2. The van der Waals surface area contributed by atoms with Crippen LogP contribution in [0.5, 0.6) is 5.75 Å². The first kappa shape index (κ1) is 35.6. The van der Waals surface area contributed by atoms with Gasteiger partial charge in [-0.25, -0.2) is 0 Å². The van der Waals surface area contributed by atoms with Gasteiger partial charge < -0.3 is 23.5 Å². The molecule has 1 aliphatic heterocycles. The second kappa shape index (κ2) is 14.9. The van der Waals surface area contributed by atoms with Gasteiger partial charge in [-0.05, 0) is 76.1 Å². The van der Waals surface area contributed by atoms with Crippen LogP contribution in [0.25, 0.3) is 11.0 Å². The molecule has 0 N–H and O–H groups in total. The van der Waals surface area contributed by atoms with Gasteiger partial charge in [-0.2, -0.15) is 0 Å². The molecule has 2 amide bonds. The molecule has 0 aliphatic carbocycles. The summed E-state index contributed by atoms with van der Waals surface area (Å²) >= 11 is 0. The fourth-order valence-electron chi connectivity index (χ4n) is 5.59. The van der Waals surface area contributed by atoms with E-state index in [0.29, 0.717) is 60.9 Å². The van der Waals surface area contributed by atoms with Gasteiger partial charge in [-0.1, -0.05) is 0 Å². The molecule has 0 fully saturated rings. The van der Waals surface area contributed by atoms with Crippen molar-refractivity contribution in [2.24, 2.45) is 5.41 Å². The average molecular weight is 659 g/mol. The number of nitrogens with zero attached hydrogens (tertiary/aromatic N) is 5. The third-order valence-electron chi connectivity index (χ3n) is 8.02. The van der Waals surface area contributed by atoms with Crippen molar-refractivity contribution < 1.29 is 18.7 Å². The van der Waals surface area contributed by atoms with Crippen LogP contribution in [-0.4, -0.2) is 59.6 Å². The molecule has 0 atom stereocenters. The molecule has 3 aromatic heterocycles. The molecule has 45 heavy (non-hydrogen) atoms. The van der Waals surface area contributed by atoms with Crippen molar-refractivity contribution in [3.05, 3.63) is 82.7 Å². The highest BCUT2D eigenvalue weighted by Gasteiger charge is 2.45. The number of halogens is 2. The Labute approximate surface area is 275 Å². The molecular weight excluding hydrogens is 617 g/mol. The summed E-state index contributed by atoms with van der Waals surface area (Å²) in [5.41, 5.74) is 1.88. The molecule has 12 heteroatoms. The summed E-state index contributed by atoms with van der Waals surface area (Å²) in [5.74, 6) is 0.893. The zero-order valence-electron chi connectivity index (χ0n) is 26.3. The second-order valence-electron chi connectivity index (χ2n) is 11.5. The fraction of sp³-hybridized carbons (Fsp3) is 0.394. The van der Waals surface area contributed by atoms with E-state index in [9.17, 15) is 14.4 Å². The molecule has 0 saturated carbocycles. The van der Waals surface area contributed by atoms with Crippen molar-refractivity contribution in [2.75, 3.05) is 43.1 Å². The molecule has 10 nitrogen and oxygen atoms in total. The van der Waals surface area contributed by atoms with Gasteiger partial charge in [-0.3, -0.25) is 24.3 Å². The standard InChI is InChI=1S/C33H39N5O5.2ClH/c1-6-38-27-9-8-25(21-28(27)35(5)31(40)33(3,4)32(38)41)42-19-7-15-36(22-24-10-13-34-14-11-24)17-18-37-16-12-29-26(30(37)39)20-23(2)43-29;;/h8-14,16,20-21H,6-7,15,17-19,22H2,1-5H3;2*1H. The van der Waals surface area contributed by atoms with E-state index in [2.05, 4.69) is 9.88 Å². The van der Waals surface area contributed by atoms with Crippen LogP contribution in [0.15, 0.2) is 70.3 Å². The number of amides is 2. The summed E-state index contributed by atoms with van der Waals surface area (Å²) in [6.45, 7) is 10.7. The summed E-state index contributed by atoms with van der Waals surface area (Å²) in [6, 6.07) is 13.1. The number of hydrogen-bond donors (Lipinski definition) is 0. The Morgan fingerprint density at radius 2 is 1.69 bits per heavy atom. The molecule has 1 aromatic carbocycles. The zero-order chi connectivity index (χ0) is 30.7. The number of hydrogen-bond acceptors (Lipinski definition) is 7. The maximum absolute atomic E-state index is 13.2. The molecule has 0 unspecified atom stereocenters. The summed E-state index contributed by atoms with van der Waals surface area (Å²) in [7, 11) is 1.70. The molecule has 5 rings (SSSR count). The minimum absolute atomic E-state index is 0. The number of aromatic nitrogens is 2. The second-order valence-corrected chi connectivity index (χ2v) is 11.5. The molecule has 0 saturated heterocycles. The topological polar surface area (TPSA) is 101 Å². The number of carbonyl (C=O) groups is 2.